The van der Waals surface area contributed by atoms with Crippen molar-refractivity contribution in [3.63, 3.8) is 0 Å². The van der Waals surface area contributed by atoms with Gasteiger partial charge in [-0.15, -0.1) is 5.10 Å². The van der Waals surface area contributed by atoms with Crippen LogP contribution < -0.4 is 10.6 Å². The number of hydrogen-bond donors (Lipinski definition) is 2. The molecule has 110 valence electrons. The Kier molecular flexibility index (Phi) is 4.51. The third kappa shape index (κ3) is 3.69. The van der Waals surface area contributed by atoms with Crippen LogP contribution in [0.3, 0.4) is 0 Å². The first-order valence-electron chi connectivity index (χ1n) is 7.27. The van der Waals surface area contributed by atoms with Gasteiger partial charge in [-0.2, -0.15) is 0 Å². The van der Waals surface area contributed by atoms with Crippen LogP contribution in [-0.4, -0.2) is 50.5 Å². The Labute approximate surface area is 122 Å². The molecular formula is C12H20N6OS. The lowest BCUT2D eigenvalue weighted by Gasteiger charge is -2.12. The highest BCUT2D eigenvalue weighted by Crippen LogP contribution is 2.26. The van der Waals surface area contributed by atoms with E-state index in [-0.39, 0.29) is 11.2 Å². The second-order valence-electron chi connectivity index (χ2n) is 5.31. The number of nitrogens with zero attached hydrogens (tertiary/aromatic N) is 4. The van der Waals surface area contributed by atoms with Crippen LogP contribution in [0, 0.1) is 0 Å². The molecule has 1 atom stereocenters. The number of carbonyl (C=O) groups excluding carboxylic acids is 1. The summed E-state index contributed by atoms with van der Waals surface area (Å²) in [6.45, 7) is 2.41. The van der Waals surface area contributed by atoms with Gasteiger partial charge in [0, 0.05) is 19.1 Å². The van der Waals surface area contributed by atoms with Crippen molar-refractivity contribution in [1.82, 2.24) is 30.8 Å². The molecule has 1 saturated heterocycles. The van der Waals surface area contributed by atoms with E-state index in [1.165, 1.54) is 24.6 Å². The number of thioether (sulfide) groups is 1. The maximum absolute atomic E-state index is 11.9. The van der Waals surface area contributed by atoms with Gasteiger partial charge in [-0.25, -0.2) is 4.68 Å². The standard InChI is InChI=1S/C12H20N6OS/c19-11-10(3-1-2-6-14-11)20-12-15-16-17-18(12)8-7-13-9-4-5-9/h9-10,13H,1-8H2,(H,14,19). The van der Waals surface area contributed by atoms with Gasteiger partial charge in [0.2, 0.25) is 11.1 Å². The number of tetrazole rings is 1. The second kappa shape index (κ2) is 6.53. The third-order valence-corrected chi connectivity index (χ3v) is 4.80. The van der Waals surface area contributed by atoms with Crippen molar-refractivity contribution >= 4 is 17.7 Å². The predicted molar refractivity (Wildman–Crippen MR) is 75.3 cm³/mol. The monoisotopic (exact) mass is 296 g/mol. The first kappa shape index (κ1) is 13.8. The van der Waals surface area contributed by atoms with Gasteiger partial charge >= 0.3 is 0 Å². The predicted octanol–water partition coefficient (Wildman–Crippen LogP) is 0.186. The molecule has 20 heavy (non-hydrogen) atoms. The number of aromatic nitrogens is 4. The van der Waals surface area contributed by atoms with E-state index in [0.29, 0.717) is 6.04 Å². The minimum absolute atomic E-state index is 0.0707. The van der Waals surface area contributed by atoms with Gasteiger partial charge in [-0.1, -0.05) is 18.2 Å². The largest absolute Gasteiger partial charge is 0.355 e. The molecule has 2 fully saturated rings. The van der Waals surface area contributed by atoms with Crippen LogP contribution in [0.1, 0.15) is 32.1 Å². The van der Waals surface area contributed by atoms with E-state index < -0.39 is 0 Å². The van der Waals surface area contributed by atoms with Gasteiger partial charge in [0.1, 0.15) is 0 Å². The van der Waals surface area contributed by atoms with E-state index in [4.69, 9.17) is 0 Å². The summed E-state index contributed by atoms with van der Waals surface area (Å²) < 4.78 is 1.79. The van der Waals surface area contributed by atoms with E-state index in [1.807, 2.05) is 0 Å². The summed E-state index contributed by atoms with van der Waals surface area (Å²) in [5.74, 6) is 0.109. The fourth-order valence-corrected chi connectivity index (χ4v) is 3.30. The minimum atomic E-state index is -0.0707. The number of hydrogen-bond acceptors (Lipinski definition) is 6. The Hall–Kier alpha value is -1.15. The molecule has 1 saturated carbocycles. The molecule has 1 aliphatic carbocycles. The molecule has 0 aromatic carbocycles. The van der Waals surface area contributed by atoms with E-state index >= 15 is 0 Å². The second-order valence-corrected chi connectivity index (χ2v) is 6.48. The van der Waals surface area contributed by atoms with Crippen molar-refractivity contribution in [3.8, 4) is 0 Å². The summed E-state index contributed by atoms with van der Waals surface area (Å²) in [6, 6.07) is 0.690. The van der Waals surface area contributed by atoms with E-state index in [9.17, 15) is 4.79 Å². The summed E-state index contributed by atoms with van der Waals surface area (Å²) in [6.07, 6.45) is 5.57. The van der Waals surface area contributed by atoms with Crippen LogP contribution in [0.25, 0.3) is 0 Å². The highest BCUT2D eigenvalue weighted by molar-refractivity contribution is 8.00. The molecule has 1 aromatic heterocycles. The van der Waals surface area contributed by atoms with Crippen LogP contribution >= 0.6 is 11.8 Å². The third-order valence-electron chi connectivity index (χ3n) is 3.57. The number of carbonyl (C=O) groups is 1. The SMILES string of the molecule is O=C1NCCCCC1Sc1nnnn1CCNC1CC1. The van der Waals surface area contributed by atoms with Crippen molar-refractivity contribution in [2.24, 2.45) is 0 Å². The topological polar surface area (TPSA) is 84.7 Å². The van der Waals surface area contributed by atoms with Crippen molar-refractivity contribution < 1.29 is 4.79 Å². The summed E-state index contributed by atoms with van der Waals surface area (Å²) >= 11 is 1.48. The fourth-order valence-electron chi connectivity index (χ4n) is 2.23. The maximum atomic E-state index is 11.9. The van der Waals surface area contributed by atoms with Gasteiger partial charge in [0.25, 0.3) is 0 Å². The molecule has 1 aromatic rings. The van der Waals surface area contributed by atoms with Gasteiger partial charge < -0.3 is 10.6 Å². The summed E-state index contributed by atoms with van der Waals surface area (Å²) in [5, 5.41) is 18.8. The lowest BCUT2D eigenvalue weighted by molar-refractivity contribution is -0.120. The Morgan fingerprint density at radius 3 is 3.10 bits per heavy atom. The summed E-state index contributed by atoms with van der Waals surface area (Å²) in [5.41, 5.74) is 0. The van der Waals surface area contributed by atoms with Crippen LogP contribution in [0.5, 0.6) is 0 Å². The quantitative estimate of drug-likeness (QED) is 0.779. The van der Waals surface area contributed by atoms with Crippen LogP contribution in [-0.2, 0) is 11.3 Å². The molecule has 1 aliphatic heterocycles. The molecule has 0 bridgehead atoms. The molecule has 8 heteroatoms. The van der Waals surface area contributed by atoms with Crippen LogP contribution in [0.4, 0.5) is 0 Å². The highest BCUT2D eigenvalue weighted by atomic mass is 32.2. The molecule has 1 amide bonds. The first-order chi connectivity index (χ1) is 9.83. The van der Waals surface area contributed by atoms with E-state index in [2.05, 4.69) is 26.2 Å². The van der Waals surface area contributed by atoms with Crippen molar-refractivity contribution in [2.75, 3.05) is 13.1 Å². The van der Waals surface area contributed by atoms with Crippen LogP contribution in [0.2, 0.25) is 0 Å². The molecule has 2 N–H and O–H groups in total. The van der Waals surface area contributed by atoms with Gasteiger partial charge in [-0.3, -0.25) is 4.79 Å². The Bertz CT molecular complexity index is 461. The number of rotatable bonds is 6. The minimum Gasteiger partial charge on any atom is -0.355 e. The van der Waals surface area contributed by atoms with Gasteiger partial charge in [0.15, 0.2) is 0 Å². The normalized spacial score (nSPS) is 23.4. The Balaban J connectivity index is 1.55. The summed E-state index contributed by atoms with van der Waals surface area (Å²) in [7, 11) is 0. The lowest BCUT2D eigenvalue weighted by Crippen LogP contribution is -2.31. The number of nitrogens with one attached hydrogen (secondary N) is 2. The zero-order valence-electron chi connectivity index (χ0n) is 11.4. The van der Waals surface area contributed by atoms with Gasteiger partial charge in [-0.05, 0) is 36.1 Å². The maximum Gasteiger partial charge on any atom is 0.233 e. The van der Waals surface area contributed by atoms with Crippen LogP contribution in [0.15, 0.2) is 5.16 Å². The average Bonchev–Trinajstić information content (AvgIpc) is 3.19. The molecule has 2 heterocycles. The fraction of sp³-hybridized carbons (Fsp3) is 0.833. The first-order valence-corrected chi connectivity index (χ1v) is 8.15. The Morgan fingerprint density at radius 1 is 1.35 bits per heavy atom. The molecule has 0 spiro atoms. The van der Waals surface area contributed by atoms with Crippen molar-refractivity contribution in [3.05, 3.63) is 0 Å². The lowest BCUT2D eigenvalue weighted by atomic mass is 10.2. The molecule has 3 rings (SSSR count). The molecular weight excluding hydrogens is 276 g/mol. The summed E-state index contributed by atoms with van der Waals surface area (Å²) in [4.78, 5) is 11.9. The van der Waals surface area contributed by atoms with E-state index in [1.54, 1.807) is 4.68 Å². The zero-order valence-corrected chi connectivity index (χ0v) is 12.2. The van der Waals surface area contributed by atoms with Crippen molar-refractivity contribution in [1.29, 1.82) is 0 Å². The van der Waals surface area contributed by atoms with Crippen molar-refractivity contribution in [2.45, 2.75) is 55.1 Å². The highest BCUT2D eigenvalue weighted by Gasteiger charge is 2.24. The molecule has 2 aliphatic rings. The average molecular weight is 296 g/mol. The molecule has 1 unspecified atom stereocenters. The van der Waals surface area contributed by atoms with Gasteiger partial charge in [0.05, 0.1) is 11.8 Å². The molecule has 0 radical (unpaired) electrons. The smallest absolute Gasteiger partial charge is 0.233 e. The van der Waals surface area contributed by atoms with E-state index in [0.717, 1.165) is 44.1 Å². The zero-order chi connectivity index (χ0) is 13.8. The Morgan fingerprint density at radius 2 is 2.25 bits per heavy atom. The molecule has 7 nitrogen and oxygen atoms in total. The number of amides is 1.